The number of allylic oxidation sites excluding steroid dienone is 2. The molecule has 52 heavy (non-hydrogen) atoms. The van der Waals surface area contributed by atoms with Crippen molar-refractivity contribution in [1.29, 1.82) is 0 Å². The molecule has 10 rings (SSSR count). The zero-order chi connectivity index (χ0) is 36.3. The maximum Gasteiger partial charge on any atom is 0.168 e. The van der Waals surface area contributed by atoms with Gasteiger partial charge in [0.15, 0.2) is 11.6 Å². The van der Waals surface area contributed by atoms with Crippen LogP contribution in [0, 0.1) is 0 Å². The van der Waals surface area contributed by atoms with Crippen LogP contribution in [-0.4, -0.2) is 68.6 Å². The average molecular weight is 701 g/mol. The second-order valence-electron chi connectivity index (χ2n) is 14.3. The number of ether oxygens (including phenoxy) is 2. The molecule has 6 aliphatic carbocycles. The summed E-state index contributed by atoms with van der Waals surface area (Å²) in [5, 5.41) is 63.1. The molecule has 0 bridgehead atoms. The summed E-state index contributed by atoms with van der Waals surface area (Å²) in [6, 6.07) is 17.0. The summed E-state index contributed by atoms with van der Waals surface area (Å²) in [5.41, 5.74) is 10.1. The van der Waals surface area contributed by atoms with E-state index in [-0.39, 0.29) is 59.2 Å². The van der Waals surface area contributed by atoms with Crippen LogP contribution in [-0.2, 0) is 9.47 Å². The Bertz CT molecular complexity index is 2170. The van der Waals surface area contributed by atoms with Crippen LogP contribution in [0.15, 0.2) is 60.7 Å². The number of aliphatic hydroxyl groups excluding tert-OH is 2. The van der Waals surface area contributed by atoms with Crippen molar-refractivity contribution in [3.63, 3.8) is 0 Å². The standard InChI is InChI=1S/2C21H18O5/c2*1-26-16-8-15(25)21-17-10-3-2-4-12(22)18(10)14(24)7-11(17)9-5-6-13(23)20(16)19(9)21/h2*2-6,11,15-16,22-23,25H,7-8H2,1H3/t2*11-,15+,16+/m11/s1. The fraction of sp³-hybridized carbons (Fsp3) is 0.286. The number of carbonyl (C=O) groups is 2. The second kappa shape index (κ2) is 11.6. The minimum atomic E-state index is -0.753. The van der Waals surface area contributed by atoms with Gasteiger partial charge in [0.1, 0.15) is 23.0 Å². The number of phenols is 4. The molecule has 0 aromatic heterocycles. The Kier molecular flexibility index (Phi) is 7.30. The predicted octanol–water partition coefficient (Wildman–Crippen LogP) is 6.29. The summed E-state index contributed by atoms with van der Waals surface area (Å²) in [6.45, 7) is 0. The topological polar surface area (TPSA) is 174 Å². The largest absolute Gasteiger partial charge is 0.508 e. The molecule has 0 saturated carbocycles. The zero-order valence-electron chi connectivity index (χ0n) is 28.4. The number of fused-ring (bicyclic) bond motifs is 8. The van der Waals surface area contributed by atoms with Crippen LogP contribution in [0.4, 0.5) is 0 Å². The third kappa shape index (κ3) is 4.32. The Morgan fingerprint density at radius 3 is 1.31 bits per heavy atom. The van der Waals surface area contributed by atoms with Crippen LogP contribution in [0.1, 0.15) is 115 Å². The van der Waals surface area contributed by atoms with Gasteiger partial charge < -0.3 is 40.1 Å². The van der Waals surface area contributed by atoms with Gasteiger partial charge in [0, 0.05) is 62.9 Å². The third-order valence-corrected chi connectivity index (χ3v) is 11.8. The van der Waals surface area contributed by atoms with E-state index in [1.165, 1.54) is 12.1 Å². The van der Waals surface area contributed by atoms with Crippen LogP contribution in [0.5, 0.6) is 23.0 Å². The van der Waals surface area contributed by atoms with Crippen LogP contribution in [0.2, 0.25) is 0 Å². The Hall–Kier alpha value is -5.26. The fourth-order valence-corrected chi connectivity index (χ4v) is 9.82. The lowest BCUT2D eigenvalue weighted by Gasteiger charge is -2.31. The molecule has 6 atom stereocenters. The molecule has 0 spiro atoms. The van der Waals surface area contributed by atoms with E-state index in [0.717, 1.165) is 44.5 Å². The molecule has 0 amide bonds. The summed E-state index contributed by atoms with van der Waals surface area (Å²) < 4.78 is 11.0. The van der Waals surface area contributed by atoms with Crippen LogP contribution in [0.25, 0.3) is 22.3 Å². The lowest BCUT2D eigenvalue weighted by Crippen LogP contribution is -2.23. The van der Waals surface area contributed by atoms with E-state index in [9.17, 15) is 40.2 Å². The Labute approximate surface area is 298 Å². The molecule has 0 saturated heterocycles. The van der Waals surface area contributed by atoms with Crippen molar-refractivity contribution in [3.8, 4) is 23.0 Å². The van der Waals surface area contributed by atoms with Gasteiger partial charge >= 0.3 is 0 Å². The van der Waals surface area contributed by atoms with Gasteiger partial charge in [-0.1, -0.05) is 36.4 Å². The lowest BCUT2D eigenvalue weighted by molar-refractivity contribution is 0.0552. The van der Waals surface area contributed by atoms with Gasteiger partial charge in [-0.25, -0.2) is 0 Å². The van der Waals surface area contributed by atoms with Gasteiger partial charge in [0.2, 0.25) is 0 Å². The number of hydrogen-bond donors (Lipinski definition) is 6. The van der Waals surface area contributed by atoms with Crippen LogP contribution >= 0.6 is 0 Å². The highest BCUT2D eigenvalue weighted by atomic mass is 16.5. The highest BCUT2D eigenvalue weighted by Crippen LogP contribution is 2.61. The highest BCUT2D eigenvalue weighted by molar-refractivity contribution is 6.16. The van der Waals surface area contributed by atoms with Gasteiger partial charge in [-0.05, 0) is 79.9 Å². The van der Waals surface area contributed by atoms with Crippen molar-refractivity contribution in [2.24, 2.45) is 0 Å². The van der Waals surface area contributed by atoms with Crippen LogP contribution < -0.4 is 0 Å². The summed E-state index contributed by atoms with van der Waals surface area (Å²) >= 11 is 0. The lowest BCUT2D eigenvalue weighted by atomic mass is 9.77. The number of carbonyl (C=O) groups excluding carboxylic acids is 2. The zero-order valence-corrected chi connectivity index (χ0v) is 28.4. The predicted molar refractivity (Wildman–Crippen MR) is 190 cm³/mol. The van der Waals surface area contributed by atoms with E-state index >= 15 is 0 Å². The molecule has 0 fully saturated rings. The first kappa shape index (κ1) is 32.6. The Morgan fingerprint density at radius 2 is 0.923 bits per heavy atom. The SMILES string of the molecule is CO[C@H]1C[C@H](O)C2=C3c4cccc(O)c4C(=O)C[C@@H]3c3ccc(O)c1c32.CO[C@H]1C[C@H](O)C2=C3c4cccc(O)c4C(=O)C[C@@H]3c3ccc(O)c1c32. The molecule has 0 aliphatic heterocycles. The second-order valence-corrected chi connectivity index (χ2v) is 14.3. The Balaban J connectivity index is 0.000000138. The van der Waals surface area contributed by atoms with Crippen molar-refractivity contribution in [1.82, 2.24) is 0 Å². The number of aromatic hydroxyl groups is 4. The molecule has 10 nitrogen and oxygen atoms in total. The van der Waals surface area contributed by atoms with E-state index in [4.69, 9.17) is 9.47 Å². The molecule has 0 radical (unpaired) electrons. The summed E-state index contributed by atoms with van der Waals surface area (Å²) in [5.74, 6) is -0.339. The van der Waals surface area contributed by atoms with Crippen molar-refractivity contribution in [2.45, 2.75) is 61.9 Å². The number of ketones is 2. The van der Waals surface area contributed by atoms with Crippen molar-refractivity contribution >= 4 is 33.9 Å². The summed E-state index contributed by atoms with van der Waals surface area (Å²) in [7, 11) is 3.13. The fourth-order valence-electron chi connectivity index (χ4n) is 9.82. The monoisotopic (exact) mass is 700 g/mol. The van der Waals surface area contributed by atoms with E-state index in [2.05, 4.69) is 0 Å². The molecule has 6 N–H and O–H groups in total. The van der Waals surface area contributed by atoms with E-state index < -0.39 is 24.4 Å². The molecule has 10 heteroatoms. The number of Topliss-reactive ketones (excluding diaryl/α,β-unsaturated/α-hetero) is 2. The molecule has 4 aromatic rings. The molecular formula is C42H36O10. The molecule has 0 heterocycles. The molecular weight excluding hydrogens is 664 g/mol. The number of benzene rings is 4. The summed E-state index contributed by atoms with van der Waals surface area (Å²) in [6.07, 6.45) is -1.14. The van der Waals surface area contributed by atoms with E-state index in [1.54, 1.807) is 38.5 Å². The van der Waals surface area contributed by atoms with Crippen molar-refractivity contribution in [2.75, 3.05) is 14.2 Å². The van der Waals surface area contributed by atoms with Gasteiger partial charge in [-0.2, -0.15) is 0 Å². The number of aliphatic hydroxyl groups is 2. The number of methoxy groups -OCH3 is 2. The first-order chi connectivity index (χ1) is 25.0. The van der Waals surface area contributed by atoms with Gasteiger partial charge in [0.25, 0.3) is 0 Å². The van der Waals surface area contributed by atoms with Gasteiger partial charge in [0.05, 0.1) is 35.5 Å². The maximum atomic E-state index is 12.7. The summed E-state index contributed by atoms with van der Waals surface area (Å²) in [4.78, 5) is 25.4. The molecule has 0 unspecified atom stereocenters. The first-order valence-electron chi connectivity index (χ1n) is 17.4. The van der Waals surface area contributed by atoms with Crippen molar-refractivity contribution < 1.29 is 49.7 Å². The highest BCUT2D eigenvalue weighted by Gasteiger charge is 2.48. The minimum Gasteiger partial charge on any atom is -0.508 e. The van der Waals surface area contributed by atoms with Gasteiger partial charge in [-0.3, -0.25) is 9.59 Å². The third-order valence-electron chi connectivity index (χ3n) is 11.8. The van der Waals surface area contributed by atoms with E-state index in [1.807, 2.05) is 24.3 Å². The first-order valence-corrected chi connectivity index (χ1v) is 17.4. The molecule has 4 aromatic carbocycles. The Morgan fingerprint density at radius 1 is 0.519 bits per heavy atom. The van der Waals surface area contributed by atoms with Crippen molar-refractivity contribution in [3.05, 3.63) is 116 Å². The minimum absolute atomic E-state index is 0.0295. The normalized spacial score (nSPS) is 25.8. The molecule has 6 aliphatic rings. The number of hydrogen-bond acceptors (Lipinski definition) is 10. The quantitative estimate of drug-likeness (QED) is 0.140. The number of phenolic OH excluding ortho intramolecular Hbond substituents is 4. The smallest absolute Gasteiger partial charge is 0.168 e. The van der Waals surface area contributed by atoms with Gasteiger partial charge in [-0.15, -0.1) is 0 Å². The number of rotatable bonds is 2. The van der Waals surface area contributed by atoms with E-state index in [0.29, 0.717) is 46.2 Å². The molecule has 264 valence electrons. The van der Waals surface area contributed by atoms with Crippen LogP contribution in [0.3, 0.4) is 0 Å². The maximum absolute atomic E-state index is 12.7. The average Bonchev–Trinajstić information content (AvgIpc) is 3.64.